The first kappa shape index (κ1) is 32.7. The average molecular weight is 614 g/mol. The number of hydrogen-bond donors (Lipinski definition) is 1. The van der Waals surface area contributed by atoms with Crippen LogP contribution >= 0.6 is 7.60 Å². The van der Waals surface area contributed by atoms with E-state index in [1.807, 2.05) is 4.98 Å². The Morgan fingerprint density at radius 3 is 2.12 bits per heavy atom. The molecule has 3 heterocycles. The normalized spacial score (nSPS) is 27.6. The van der Waals surface area contributed by atoms with Crippen molar-refractivity contribution in [1.82, 2.24) is 9.55 Å². The molecule has 5 atom stereocenters. The van der Waals surface area contributed by atoms with Gasteiger partial charge >= 0.3 is 25.6 Å². The highest BCUT2D eigenvalue weighted by atomic mass is 31.2. The Hall–Kier alpha value is -2.86. The van der Waals surface area contributed by atoms with E-state index in [9.17, 15) is 23.7 Å². The number of H-pyrrole nitrogens is 1. The second-order valence-corrected chi connectivity index (χ2v) is 11.6. The number of aromatic nitrogens is 2. The summed E-state index contributed by atoms with van der Waals surface area (Å²) in [6.45, 7) is 4.03. The van der Waals surface area contributed by atoms with Gasteiger partial charge in [0, 0.05) is 19.4 Å². The van der Waals surface area contributed by atoms with Crippen LogP contribution in [-0.4, -0.2) is 85.0 Å². The fraction of sp³-hybridized carbons (Fsp3) is 0.727. The predicted molar refractivity (Wildman–Crippen MR) is 130 cm³/mol. The summed E-state index contributed by atoms with van der Waals surface area (Å²) in [5, 5.41) is 0. The van der Waals surface area contributed by atoms with Gasteiger partial charge in [-0.25, -0.2) is 18.8 Å². The largest absolute Gasteiger partial charge is 0.510 e. The van der Waals surface area contributed by atoms with Crippen LogP contribution in [0.2, 0.25) is 0 Å². The van der Waals surface area contributed by atoms with Gasteiger partial charge < -0.3 is 37.9 Å². The molecule has 0 spiro atoms. The van der Waals surface area contributed by atoms with Gasteiger partial charge in [0.2, 0.25) is 13.6 Å². The molecule has 41 heavy (non-hydrogen) atoms. The van der Waals surface area contributed by atoms with Gasteiger partial charge in [-0.1, -0.05) is 0 Å². The maximum atomic E-state index is 16.7. The van der Waals surface area contributed by atoms with Crippen LogP contribution in [0.15, 0.2) is 21.9 Å². The van der Waals surface area contributed by atoms with Crippen molar-refractivity contribution in [2.75, 3.05) is 26.9 Å². The first-order chi connectivity index (χ1) is 19.1. The summed E-state index contributed by atoms with van der Waals surface area (Å²) >= 11 is 0. The van der Waals surface area contributed by atoms with E-state index in [4.69, 9.17) is 46.9 Å². The van der Waals surface area contributed by atoms with Crippen molar-refractivity contribution >= 4 is 19.9 Å². The topological polar surface area (TPSA) is 198 Å². The molecule has 1 unspecified atom stereocenters. The summed E-state index contributed by atoms with van der Waals surface area (Å²) in [6.07, 6.45) is -6.99. The maximum absolute atomic E-state index is 16.7. The molecule has 0 aromatic carbocycles. The third-order valence-electron chi connectivity index (χ3n) is 5.53. The molecule has 2 saturated heterocycles. The van der Waals surface area contributed by atoms with Gasteiger partial charge in [-0.2, -0.15) is 0 Å². The third-order valence-corrected chi connectivity index (χ3v) is 7.35. The summed E-state index contributed by atoms with van der Waals surface area (Å²) in [5.41, 5.74) is -3.49. The zero-order valence-electron chi connectivity index (χ0n) is 23.1. The zero-order valence-corrected chi connectivity index (χ0v) is 24.0. The summed E-state index contributed by atoms with van der Waals surface area (Å²) in [5.74, 6) is -3.09. The minimum atomic E-state index is -4.75. The van der Waals surface area contributed by atoms with Crippen molar-refractivity contribution < 1.29 is 65.5 Å². The first-order valence-corrected chi connectivity index (χ1v) is 13.9. The fourth-order valence-corrected chi connectivity index (χ4v) is 5.40. The van der Waals surface area contributed by atoms with Crippen LogP contribution in [0.3, 0.4) is 0 Å². The Labute approximate surface area is 232 Å². The van der Waals surface area contributed by atoms with Crippen molar-refractivity contribution in [3.8, 4) is 0 Å². The number of methoxy groups -OCH3 is 1. The SMILES string of the molecule is COC1O[C@H]2[C@@](C)(O1)[C@H](n1ccc(=O)[nH]c1=O)O[C@]2(F)CP(=O)(OCOC(=O)OC(C)C)OCOC(=O)OC(C)C. The molecule has 2 aliphatic heterocycles. The lowest BCUT2D eigenvalue weighted by atomic mass is 9.96. The molecule has 1 N–H and O–H groups in total. The van der Waals surface area contributed by atoms with Gasteiger partial charge in [-0.05, 0) is 34.6 Å². The van der Waals surface area contributed by atoms with Crippen LogP contribution in [0.4, 0.5) is 14.0 Å². The Morgan fingerprint density at radius 2 is 1.63 bits per heavy atom. The van der Waals surface area contributed by atoms with Gasteiger partial charge in [-0.3, -0.25) is 28.0 Å². The number of hydrogen-bond acceptors (Lipinski definition) is 15. The molecule has 2 fully saturated rings. The van der Waals surface area contributed by atoms with Gasteiger partial charge in [0.1, 0.15) is 11.8 Å². The second kappa shape index (κ2) is 13.0. The van der Waals surface area contributed by atoms with Crippen LogP contribution in [0, 0.1) is 0 Å². The average Bonchev–Trinajstić information content (AvgIpc) is 3.29. The number of rotatable bonds is 12. The molecule has 1 aromatic rings. The Bertz CT molecular complexity index is 1220. The minimum absolute atomic E-state index is 0.550. The van der Waals surface area contributed by atoms with E-state index < -0.39 is 93.4 Å². The molecule has 3 rings (SSSR count). The van der Waals surface area contributed by atoms with Gasteiger partial charge in [0.05, 0.1) is 12.2 Å². The van der Waals surface area contributed by atoms with Crippen LogP contribution < -0.4 is 11.2 Å². The summed E-state index contributed by atoms with van der Waals surface area (Å²) in [6, 6.07) is 0.989. The highest BCUT2D eigenvalue weighted by molar-refractivity contribution is 7.53. The number of nitrogens with one attached hydrogen (secondary N) is 1. The number of alkyl halides is 1. The summed E-state index contributed by atoms with van der Waals surface area (Å²) < 4.78 is 82.2. The standard InChI is InChI=1S/C22H32FN2O15P/c1-12(2)36-18(28)32-10-34-41(30,35-11-33-19(29)37-13(3)4)9-22(23)15-21(5,40-20(31-6)38-15)16(39-22)25-8-7-14(26)24-17(25)27/h7-8,12-13,15-16,20H,9-11H2,1-6H3,(H,24,26,27)/t15-,16+,20?,21+,22+/m0/s1. The lowest BCUT2D eigenvalue weighted by Gasteiger charge is -2.28. The van der Waals surface area contributed by atoms with Gasteiger partial charge in [0.15, 0.2) is 12.3 Å². The van der Waals surface area contributed by atoms with Crippen molar-refractivity contribution in [3.63, 3.8) is 0 Å². The molecule has 0 saturated carbocycles. The molecule has 0 aliphatic carbocycles. The number of carbonyl (C=O) groups is 2. The Kier molecular flexibility index (Phi) is 10.3. The molecule has 19 heteroatoms. The van der Waals surface area contributed by atoms with E-state index >= 15 is 4.39 Å². The molecule has 2 aliphatic rings. The van der Waals surface area contributed by atoms with Crippen molar-refractivity contribution in [1.29, 1.82) is 0 Å². The molecular formula is C22H32FN2O15P. The number of carbonyl (C=O) groups excluding carboxylic acids is 2. The highest BCUT2D eigenvalue weighted by Crippen LogP contribution is 2.60. The zero-order chi connectivity index (χ0) is 30.6. The molecule has 0 radical (unpaired) electrons. The Morgan fingerprint density at radius 1 is 1.07 bits per heavy atom. The second-order valence-electron chi connectivity index (χ2n) is 9.50. The van der Waals surface area contributed by atoms with Gasteiger partial charge in [-0.15, -0.1) is 0 Å². The molecular weight excluding hydrogens is 582 g/mol. The lowest BCUT2D eigenvalue weighted by molar-refractivity contribution is -0.292. The minimum Gasteiger partial charge on any atom is -0.432 e. The van der Waals surface area contributed by atoms with E-state index in [0.29, 0.717) is 0 Å². The molecule has 1 aromatic heterocycles. The smallest absolute Gasteiger partial charge is 0.432 e. The van der Waals surface area contributed by atoms with E-state index in [0.717, 1.165) is 16.8 Å². The monoisotopic (exact) mass is 614 g/mol. The third kappa shape index (κ3) is 7.91. The quantitative estimate of drug-likeness (QED) is 0.204. The van der Waals surface area contributed by atoms with Gasteiger partial charge in [0.25, 0.3) is 17.9 Å². The highest BCUT2D eigenvalue weighted by Gasteiger charge is 2.71. The van der Waals surface area contributed by atoms with Crippen molar-refractivity contribution in [3.05, 3.63) is 33.1 Å². The fourth-order valence-electron chi connectivity index (χ4n) is 3.95. The molecule has 17 nitrogen and oxygen atoms in total. The van der Waals surface area contributed by atoms with Crippen LogP contribution in [-0.2, 0) is 51.5 Å². The first-order valence-electron chi connectivity index (χ1n) is 12.2. The van der Waals surface area contributed by atoms with Crippen molar-refractivity contribution in [2.24, 2.45) is 0 Å². The van der Waals surface area contributed by atoms with Crippen LogP contribution in [0.1, 0.15) is 40.8 Å². The van der Waals surface area contributed by atoms with Crippen LogP contribution in [0.5, 0.6) is 0 Å². The maximum Gasteiger partial charge on any atom is 0.510 e. The number of fused-ring (bicyclic) bond motifs is 1. The van der Waals surface area contributed by atoms with E-state index in [1.54, 1.807) is 27.7 Å². The number of ether oxygens (including phenoxy) is 8. The molecule has 0 amide bonds. The molecule has 232 valence electrons. The summed E-state index contributed by atoms with van der Waals surface area (Å²) in [4.78, 5) is 49.6. The molecule has 0 bridgehead atoms. The number of nitrogens with zero attached hydrogens (tertiary/aromatic N) is 1. The van der Waals surface area contributed by atoms with Crippen molar-refractivity contribution in [2.45, 2.75) is 77.1 Å². The number of aromatic amines is 1. The van der Waals surface area contributed by atoms with E-state index in [1.165, 1.54) is 14.0 Å². The van der Waals surface area contributed by atoms with Crippen LogP contribution in [0.25, 0.3) is 0 Å². The van der Waals surface area contributed by atoms with E-state index in [-0.39, 0.29) is 0 Å². The number of halogens is 1. The summed E-state index contributed by atoms with van der Waals surface area (Å²) in [7, 11) is -3.54. The Balaban J connectivity index is 1.88. The lowest BCUT2D eigenvalue weighted by Crippen LogP contribution is -2.47. The predicted octanol–water partition coefficient (Wildman–Crippen LogP) is 2.10. The van der Waals surface area contributed by atoms with E-state index in [2.05, 4.69) is 0 Å².